The van der Waals surface area contributed by atoms with Crippen LogP contribution in [0.4, 0.5) is 5.69 Å². The summed E-state index contributed by atoms with van der Waals surface area (Å²) in [5.74, 6) is 0.647. The van der Waals surface area contributed by atoms with Crippen LogP contribution in [0.2, 0.25) is 0 Å². The fourth-order valence-electron chi connectivity index (χ4n) is 1.85. The van der Waals surface area contributed by atoms with Crippen molar-refractivity contribution in [2.45, 2.75) is 26.3 Å². The van der Waals surface area contributed by atoms with Gasteiger partial charge in [-0.25, -0.2) is 4.68 Å². The Kier molecular flexibility index (Phi) is 6.77. The maximum Gasteiger partial charge on any atom is 0.224 e. The molecule has 0 spiro atoms. The minimum absolute atomic E-state index is 0. The molecule has 0 unspecified atom stereocenters. The van der Waals surface area contributed by atoms with Crippen molar-refractivity contribution in [1.29, 1.82) is 0 Å². The number of aromatic nitrogens is 4. The monoisotopic (exact) mass is 310 g/mol. The summed E-state index contributed by atoms with van der Waals surface area (Å²) in [5.41, 5.74) is 6.99. The summed E-state index contributed by atoms with van der Waals surface area (Å²) in [6.07, 6.45) is 1.10. The summed E-state index contributed by atoms with van der Waals surface area (Å²) in [5, 5.41) is 14.4. The van der Waals surface area contributed by atoms with Gasteiger partial charge in [-0.3, -0.25) is 4.79 Å². The Morgan fingerprint density at radius 2 is 2.24 bits per heavy atom. The van der Waals surface area contributed by atoms with E-state index < -0.39 is 0 Å². The predicted molar refractivity (Wildman–Crippen MR) is 83.1 cm³/mol. The van der Waals surface area contributed by atoms with Crippen molar-refractivity contribution in [3.05, 3.63) is 24.3 Å². The van der Waals surface area contributed by atoms with Crippen LogP contribution in [0.15, 0.2) is 24.3 Å². The summed E-state index contributed by atoms with van der Waals surface area (Å²) in [6.45, 7) is 3.17. The molecular formula is C13H19ClN6O. The second-order valence-electron chi connectivity index (χ2n) is 4.34. The summed E-state index contributed by atoms with van der Waals surface area (Å²) in [4.78, 5) is 11.7. The Balaban J connectivity index is 0.00000220. The predicted octanol–water partition coefficient (Wildman–Crippen LogP) is 1.46. The van der Waals surface area contributed by atoms with Crippen molar-refractivity contribution < 1.29 is 4.79 Å². The van der Waals surface area contributed by atoms with Gasteiger partial charge in [0, 0.05) is 24.2 Å². The minimum atomic E-state index is -0.0392. The average Bonchev–Trinajstić information content (AvgIpc) is 2.94. The SMILES string of the molecule is CCn1nnnc1-c1cccc(NC(=O)CCCN)c1.Cl. The second-order valence-corrected chi connectivity index (χ2v) is 4.34. The first-order valence-corrected chi connectivity index (χ1v) is 6.61. The molecule has 1 aromatic carbocycles. The molecule has 0 aliphatic carbocycles. The fourth-order valence-corrected chi connectivity index (χ4v) is 1.85. The number of carbonyl (C=O) groups excluding carboxylic acids is 1. The number of nitrogens with zero attached hydrogens (tertiary/aromatic N) is 4. The van der Waals surface area contributed by atoms with Crippen molar-refractivity contribution >= 4 is 24.0 Å². The average molecular weight is 311 g/mol. The van der Waals surface area contributed by atoms with Crippen LogP contribution in [-0.4, -0.2) is 32.7 Å². The molecule has 2 aromatic rings. The third kappa shape index (κ3) is 4.51. The number of anilines is 1. The van der Waals surface area contributed by atoms with Gasteiger partial charge >= 0.3 is 0 Å². The fraction of sp³-hybridized carbons (Fsp3) is 0.385. The quantitative estimate of drug-likeness (QED) is 0.841. The summed E-state index contributed by atoms with van der Waals surface area (Å²) < 4.78 is 1.70. The number of benzene rings is 1. The molecule has 7 nitrogen and oxygen atoms in total. The molecule has 0 bridgehead atoms. The van der Waals surface area contributed by atoms with Crippen molar-refractivity contribution in [2.75, 3.05) is 11.9 Å². The summed E-state index contributed by atoms with van der Waals surface area (Å²) in [7, 11) is 0. The molecule has 21 heavy (non-hydrogen) atoms. The van der Waals surface area contributed by atoms with Crippen LogP contribution < -0.4 is 11.1 Å². The number of hydrogen-bond acceptors (Lipinski definition) is 5. The molecule has 1 heterocycles. The molecule has 1 aromatic heterocycles. The number of halogens is 1. The zero-order chi connectivity index (χ0) is 14.4. The smallest absolute Gasteiger partial charge is 0.224 e. The van der Waals surface area contributed by atoms with Gasteiger partial charge in [-0.15, -0.1) is 17.5 Å². The Hall–Kier alpha value is -1.99. The van der Waals surface area contributed by atoms with Crippen LogP contribution in [0, 0.1) is 0 Å². The molecule has 0 atom stereocenters. The van der Waals surface area contributed by atoms with E-state index in [9.17, 15) is 4.79 Å². The van der Waals surface area contributed by atoms with E-state index in [1.807, 2.05) is 31.2 Å². The summed E-state index contributed by atoms with van der Waals surface area (Å²) >= 11 is 0. The first-order chi connectivity index (χ1) is 9.74. The Labute approximate surface area is 129 Å². The topological polar surface area (TPSA) is 98.7 Å². The Morgan fingerprint density at radius 1 is 1.43 bits per heavy atom. The molecule has 0 fully saturated rings. The van der Waals surface area contributed by atoms with Crippen LogP contribution in [0.5, 0.6) is 0 Å². The van der Waals surface area contributed by atoms with Crippen LogP contribution in [0.1, 0.15) is 19.8 Å². The van der Waals surface area contributed by atoms with Gasteiger partial charge in [0.05, 0.1) is 0 Å². The molecule has 3 N–H and O–H groups in total. The van der Waals surface area contributed by atoms with Gasteiger partial charge in [0.1, 0.15) is 0 Å². The van der Waals surface area contributed by atoms with Crippen molar-refractivity contribution in [2.24, 2.45) is 5.73 Å². The van der Waals surface area contributed by atoms with Crippen molar-refractivity contribution in [1.82, 2.24) is 20.2 Å². The normalized spacial score (nSPS) is 10.0. The Morgan fingerprint density at radius 3 is 2.95 bits per heavy atom. The standard InChI is InChI=1S/C13H18N6O.ClH/c1-2-19-13(16-17-18-19)10-5-3-6-11(9-10)15-12(20)7-4-8-14;/h3,5-6,9H,2,4,7-8,14H2,1H3,(H,15,20);1H. The van der Waals surface area contributed by atoms with Gasteiger partial charge in [0.2, 0.25) is 5.91 Å². The molecule has 114 valence electrons. The number of carbonyl (C=O) groups is 1. The van der Waals surface area contributed by atoms with E-state index in [-0.39, 0.29) is 18.3 Å². The third-order valence-corrected chi connectivity index (χ3v) is 2.84. The zero-order valence-corrected chi connectivity index (χ0v) is 12.6. The minimum Gasteiger partial charge on any atom is -0.330 e. The largest absolute Gasteiger partial charge is 0.330 e. The lowest BCUT2D eigenvalue weighted by Gasteiger charge is -2.07. The lowest BCUT2D eigenvalue weighted by Crippen LogP contribution is -2.13. The zero-order valence-electron chi connectivity index (χ0n) is 11.8. The highest BCUT2D eigenvalue weighted by atomic mass is 35.5. The van der Waals surface area contributed by atoms with E-state index in [4.69, 9.17) is 5.73 Å². The Bertz CT molecular complexity index is 586. The molecular weight excluding hydrogens is 292 g/mol. The number of rotatable bonds is 6. The summed E-state index contributed by atoms with van der Waals surface area (Å²) in [6, 6.07) is 7.47. The third-order valence-electron chi connectivity index (χ3n) is 2.84. The maximum atomic E-state index is 11.7. The van der Waals surface area contributed by atoms with Gasteiger partial charge in [-0.05, 0) is 42.4 Å². The van der Waals surface area contributed by atoms with E-state index in [0.717, 1.165) is 11.3 Å². The van der Waals surface area contributed by atoms with E-state index in [1.54, 1.807) is 4.68 Å². The molecule has 2 rings (SSSR count). The number of hydrogen-bond donors (Lipinski definition) is 2. The van der Waals surface area contributed by atoms with E-state index >= 15 is 0 Å². The van der Waals surface area contributed by atoms with Crippen molar-refractivity contribution in [3.63, 3.8) is 0 Å². The molecule has 8 heteroatoms. The van der Waals surface area contributed by atoms with Gasteiger partial charge < -0.3 is 11.1 Å². The van der Waals surface area contributed by atoms with Gasteiger partial charge in [-0.2, -0.15) is 0 Å². The number of tetrazole rings is 1. The first-order valence-electron chi connectivity index (χ1n) is 6.61. The number of amides is 1. The molecule has 1 amide bonds. The van der Waals surface area contributed by atoms with E-state index in [1.165, 1.54) is 0 Å². The van der Waals surface area contributed by atoms with Crippen LogP contribution in [-0.2, 0) is 11.3 Å². The van der Waals surface area contributed by atoms with Crippen LogP contribution >= 0.6 is 12.4 Å². The maximum absolute atomic E-state index is 11.7. The lowest BCUT2D eigenvalue weighted by molar-refractivity contribution is -0.116. The van der Waals surface area contributed by atoms with E-state index in [0.29, 0.717) is 31.8 Å². The number of nitrogens with two attached hydrogens (primary N) is 1. The van der Waals surface area contributed by atoms with Gasteiger partial charge in [0.25, 0.3) is 0 Å². The van der Waals surface area contributed by atoms with Gasteiger partial charge in [0.15, 0.2) is 5.82 Å². The molecule has 0 aliphatic rings. The van der Waals surface area contributed by atoms with Crippen LogP contribution in [0.3, 0.4) is 0 Å². The van der Waals surface area contributed by atoms with Crippen molar-refractivity contribution in [3.8, 4) is 11.4 Å². The second kappa shape index (κ2) is 8.33. The highest BCUT2D eigenvalue weighted by Crippen LogP contribution is 2.20. The first kappa shape index (κ1) is 17.1. The molecule has 0 aliphatic heterocycles. The molecule has 0 saturated heterocycles. The lowest BCUT2D eigenvalue weighted by atomic mass is 10.2. The highest BCUT2D eigenvalue weighted by Gasteiger charge is 2.09. The molecule has 0 saturated carbocycles. The number of aryl methyl sites for hydroxylation is 1. The van der Waals surface area contributed by atoms with Crippen LogP contribution in [0.25, 0.3) is 11.4 Å². The van der Waals surface area contributed by atoms with E-state index in [2.05, 4.69) is 20.8 Å². The van der Waals surface area contributed by atoms with Gasteiger partial charge in [-0.1, -0.05) is 12.1 Å². The number of nitrogens with one attached hydrogen (secondary N) is 1. The highest BCUT2D eigenvalue weighted by molar-refractivity contribution is 5.91. The molecule has 0 radical (unpaired) electrons.